The molecule has 6 aromatic rings. The number of aryl methyl sites for hydroxylation is 1. The lowest BCUT2D eigenvalue weighted by Crippen LogP contribution is -2.34. The van der Waals surface area contributed by atoms with Gasteiger partial charge in [0.15, 0.2) is 0 Å². The van der Waals surface area contributed by atoms with Crippen molar-refractivity contribution < 1.29 is 25.6 Å². The van der Waals surface area contributed by atoms with Crippen molar-refractivity contribution in [1.29, 1.82) is 0 Å². The highest BCUT2D eigenvalue weighted by Crippen LogP contribution is 2.40. The van der Waals surface area contributed by atoms with Crippen LogP contribution in [0.4, 0.5) is 20.2 Å². The normalized spacial score (nSPS) is 15.8. The van der Waals surface area contributed by atoms with Crippen LogP contribution in [0.15, 0.2) is 111 Å². The Bertz CT molecular complexity index is 2690. The molecule has 8 rings (SSSR count). The average Bonchev–Trinajstić information content (AvgIpc) is 3.19. The van der Waals surface area contributed by atoms with Gasteiger partial charge in [-0.15, -0.1) is 0 Å². The Morgan fingerprint density at radius 3 is 1.74 bits per heavy atom. The zero-order valence-corrected chi connectivity index (χ0v) is 34.9. The fraction of sp³-hybridized carbons (Fsp3) is 0.302. The molecule has 4 heterocycles. The van der Waals surface area contributed by atoms with E-state index in [0.29, 0.717) is 57.3 Å². The summed E-state index contributed by atoms with van der Waals surface area (Å²) in [5.74, 6) is 0.0882. The Morgan fingerprint density at radius 2 is 1.14 bits per heavy atom. The highest BCUT2D eigenvalue weighted by Gasteiger charge is 2.31. The van der Waals surface area contributed by atoms with Gasteiger partial charge in [-0.25, -0.2) is 25.6 Å². The molecule has 0 atom stereocenters. The predicted molar refractivity (Wildman–Crippen MR) is 223 cm³/mol. The molecule has 0 N–H and O–H groups in total. The van der Waals surface area contributed by atoms with E-state index in [4.69, 9.17) is 23.2 Å². The van der Waals surface area contributed by atoms with Crippen molar-refractivity contribution in [3.05, 3.63) is 118 Å². The number of sulfone groups is 2. The standard InChI is InChI=1S/C22H22F2N2O2S.C21H20Cl2N2O2S/c1-14-8-10-26(11-9-14)22-17-4-3-5-18(23)21(17)25-13-20(22)29(27,28)16-7-6-15(2)19(24)12-16;1-14-8-10-25(11-9-14)21-18-12-16(23)4-7-19(18)24-13-20(21)28(26,27)17-5-2-15(22)3-6-17/h3-7,12-14H,8-11H2,1-2H3;2-7,12-14H,8-11H2,1H3. The van der Waals surface area contributed by atoms with Gasteiger partial charge in [-0.1, -0.05) is 55.2 Å². The number of piperidine rings is 2. The maximum Gasteiger partial charge on any atom is 0.210 e. The van der Waals surface area contributed by atoms with Crippen LogP contribution in [0.1, 0.15) is 45.1 Å². The minimum Gasteiger partial charge on any atom is -0.370 e. The van der Waals surface area contributed by atoms with Crippen LogP contribution in [-0.4, -0.2) is 53.0 Å². The van der Waals surface area contributed by atoms with Gasteiger partial charge in [-0.05, 0) is 111 Å². The lowest BCUT2D eigenvalue weighted by atomic mass is 9.98. The van der Waals surface area contributed by atoms with E-state index in [0.717, 1.165) is 55.7 Å². The van der Waals surface area contributed by atoms with Gasteiger partial charge in [0.1, 0.15) is 26.9 Å². The number of nitrogens with zero attached hydrogens (tertiary/aromatic N) is 4. The molecule has 8 nitrogen and oxygen atoms in total. The van der Waals surface area contributed by atoms with Gasteiger partial charge in [0.05, 0.1) is 26.7 Å². The minimum atomic E-state index is -4.04. The molecule has 2 fully saturated rings. The van der Waals surface area contributed by atoms with Crippen LogP contribution >= 0.6 is 23.2 Å². The monoisotopic (exact) mass is 850 g/mol. The van der Waals surface area contributed by atoms with E-state index < -0.39 is 31.3 Å². The zero-order valence-electron chi connectivity index (χ0n) is 31.7. The highest BCUT2D eigenvalue weighted by molar-refractivity contribution is 7.92. The molecule has 0 bridgehead atoms. The highest BCUT2D eigenvalue weighted by atomic mass is 35.5. The molecule has 2 saturated heterocycles. The Labute approximate surface area is 342 Å². The van der Waals surface area contributed by atoms with Gasteiger partial charge >= 0.3 is 0 Å². The maximum absolute atomic E-state index is 14.4. The van der Waals surface area contributed by atoms with E-state index in [-0.39, 0.29) is 25.1 Å². The van der Waals surface area contributed by atoms with Gasteiger partial charge in [-0.2, -0.15) is 0 Å². The number of hydrogen-bond acceptors (Lipinski definition) is 8. The summed E-state index contributed by atoms with van der Waals surface area (Å²) in [4.78, 5) is 12.9. The van der Waals surface area contributed by atoms with Crippen molar-refractivity contribution in [3.8, 4) is 0 Å². The number of aromatic nitrogens is 2. The summed E-state index contributed by atoms with van der Waals surface area (Å²) in [5, 5.41) is 2.26. The summed E-state index contributed by atoms with van der Waals surface area (Å²) >= 11 is 12.2. The van der Waals surface area contributed by atoms with Crippen molar-refractivity contribution in [2.24, 2.45) is 11.8 Å². The quantitative estimate of drug-likeness (QED) is 0.163. The molecule has 0 saturated carbocycles. The van der Waals surface area contributed by atoms with Crippen LogP contribution < -0.4 is 9.80 Å². The fourth-order valence-corrected chi connectivity index (χ4v) is 10.6. The topological polar surface area (TPSA) is 101 Å². The molecule has 0 aliphatic carbocycles. The van der Waals surface area contributed by atoms with E-state index in [2.05, 4.69) is 28.7 Å². The second kappa shape index (κ2) is 16.5. The van der Waals surface area contributed by atoms with Crippen molar-refractivity contribution in [2.75, 3.05) is 36.0 Å². The largest absolute Gasteiger partial charge is 0.370 e. The number of pyridine rings is 2. The summed E-state index contributed by atoms with van der Waals surface area (Å²) in [6, 6.07) is 20.0. The Kier molecular flexibility index (Phi) is 11.8. The van der Waals surface area contributed by atoms with Crippen molar-refractivity contribution >= 4 is 76.1 Å². The van der Waals surface area contributed by atoms with Crippen LogP contribution in [0.25, 0.3) is 21.8 Å². The van der Waals surface area contributed by atoms with E-state index in [9.17, 15) is 25.6 Å². The number of halogens is 4. The first kappa shape index (κ1) is 40.8. The third kappa shape index (κ3) is 8.32. The molecule has 14 heteroatoms. The van der Waals surface area contributed by atoms with E-state index in [1.807, 2.05) is 11.0 Å². The summed E-state index contributed by atoms with van der Waals surface area (Å²) in [7, 11) is -7.80. The lowest BCUT2D eigenvalue weighted by Gasteiger charge is -2.34. The van der Waals surface area contributed by atoms with Crippen molar-refractivity contribution in [1.82, 2.24) is 9.97 Å². The number of hydrogen-bond donors (Lipinski definition) is 0. The van der Waals surface area contributed by atoms with E-state index in [1.54, 1.807) is 43.3 Å². The third-order valence-corrected chi connectivity index (χ3v) is 14.9. The molecule has 298 valence electrons. The Hall–Kier alpha value is -4.36. The van der Waals surface area contributed by atoms with E-state index in [1.165, 1.54) is 42.7 Å². The summed E-state index contributed by atoms with van der Waals surface area (Å²) in [5.41, 5.74) is 2.37. The molecule has 0 spiro atoms. The molecular weight excluding hydrogens is 810 g/mol. The maximum atomic E-state index is 14.4. The first-order valence-corrected chi connectivity index (χ1v) is 22.5. The smallest absolute Gasteiger partial charge is 0.210 e. The molecule has 2 aliphatic heterocycles. The third-order valence-electron chi connectivity index (χ3n) is 10.9. The second-order valence-corrected chi connectivity index (χ2v) is 19.7. The van der Waals surface area contributed by atoms with Crippen LogP contribution in [0.2, 0.25) is 10.0 Å². The number of fused-ring (bicyclic) bond motifs is 2. The zero-order chi connectivity index (χ0) is 40.6. The molecule has 2 aromatic heterocycles. The molecule has 2 aliphatic rings. The van der Waals surface area contributed by atoms with Gasteiger partial charge < -0.3 is 9.80 Å². The first-order valence-electron chi connectivity index (χ1n) is 18.8. The van der Waals surface area contributed by atoms with Gasteiger partial charge in [0.25, 0.3) is 0 Å². The Morgan fingerprint density at radius 1 is 0.614 bits per heavy atom. The summed E-state index contributed by atoms with van der Waals surface area (Å²) in [6.07, 6.45) is 6.53. The SMILES string of the molecule is CC1CCN(c2c(S(=O)(=O)c3ccc(Cl)cc3)cnc3ccc(Cl)cc23)CC1.Cc1ccc(S(=O)(=O)c2cnc3c(F)cccc3c2N2CCC(C)CC2)cc1F. The average molecular weight is 852 g/mol. The molecule has 0 unspecified atom stereocenters. The van der Waals surface area contributed by atoms with E-state index >= 15 is 0 Å². The molecule has 4 aromatic carbocycles. The van der Waals surface area contributed by atoms with Gasteiger partial charge in [-0.3, -0.25) is 9.97 Å². The van der Waals surface area contributed by atoms with Crippen molar-refractivity contribution in [2.45, 2.75) is 66.0 Å². The predicted octanol–water partition coefficient (Wildman–Crippen LogP) is 10.5. The molecule has 0 radical (unpaired) electrons. The lowest BCUT2D eigenvalue weighted by molar-refractivity contribution is 0.437. The Balaban J connectivity index is 0.000000174. The summed E-state index contributed by atoms with van der Waals surface area (Å²) < 4.78 is 82.2. The fourth-order valence-electron chi connectivity index (χ4n) is 7.41. The van der Waals surface area contributed by atoms with Gasteiger partial charge in [0, 0.05) is 59.4 Å². The van der Waals surface area contributed by atoms with Crippen LogP contribution in [-0.2, 0) is 19.7 Å². The number of benzene rings is 4. The first-order chi connectivity index (χ1) is 27.1. The molecule has 0 amide bonds. The molecular formula is C43H42Cl2F2N4O4S2. The number of para-hydroxylation sites is 1. The van der Waals surface area contributed by atoms with Crippen LogP contribution in [0.5, 0.6) is 0 Å². The molecule has 57 heavy (non-hydrogen) atoms. The van der Waals surface area contributed by atoms with Gasteiger partial charge in [0.2, 0.25) is 19.7 Å². The number of anilines is 2. The minimum absolute atomic E-state index is 0.0200. The second-order valence-electron chi connectivity index (χ2n) is 15.0. The number of rotatable bonds is 6. The van der Waals surface area contributed by atoms with Crippen LogP contribution in [0.3, 0.4) is 0 Å². The summed E-state index contributed by atoms with van der Waals surface area (Å²) in [6.45, 7) is 8.90. The van der Waals surface area contributed by atoms with Crippen molar-refractivity contribution in [3.63, 3.8) is 0 Å². The van der Waals surface area contributed by atoms with Crippen LogP contribution in [0, 0.1) is 30.4 Å².